The molecule has 8 heteroatoms. The predicted octanol–water partition coefficient (Wildman–Crippen LogP) is 3.31. The summed E-state index contributed by atoms with van der Waals surface area (Å²) in [5.74, 6) is 0.899. The number of ether oxygens (including phenoxy) is 1. The van der Waals surface area contributed by atoms with Crippen molar-refractivity contribution < 1.29 is 9.53 Å². The number of morpholine rings is 1. The maximum absolute atomic E-state index is 12.6. The van der Waals surface area contributed by atoms with Gasteiger partial charge in [0, 0.05) is 61.3 Å². The molecule has 31 heavy (non-hydrogen) atoms. The van der Waals surface area contributed by atoms with E-state index in [1.807, 2.05) is 0 Å². The Hall–Kier alpha value is -2.90. The number of benzene rings is 1. The van der Waals surface area contributed by atoms with E-state index in [0.29, 0.717) is 30.5 Å². The fourth-order valence-electron chi connectivity index (χ4n) is 4.19. The van der Waals surface area contributed by atoms with E-state index >= 15 is 0 Å². The molecular weight excluding hydrogens is 414 g/mol. The van der Waals surface area contributed by atoms with Gasteiger partial charge in [0.25, 0.3) is 5.91 Å². The smallest absolute Gasteiger partial charge is 0.270 e. The second-order valence-electron chi connectivity index (χ2n) is 7.82. The van der Waals surface area contributed by atoms with E-state index in [0.717, 1.165) is 60.8 Å². The molecule has 3 aromatic rings. The number of pyridine rings is 1. The number of amides is 1. The number of halogens is 1. The summed E-state index contributed by atoms with van der Waals surface area (Å²) in [5, 5.41) is 3.49. The molecule has 1 amide bonds. The van der Waals surface area contributed by atoms with Crippen LogP contribution in [-0.2, 0) is 24.2 Å². The predicted molar refractivity (Wildman–Crippen MR) is 119 cm³/mol. The largest absolute Gasteiger partial charge is 0.378 e. The number of imidazole rings is 1. The first kappa shape index (κ1) is 20.0. The first-order valence-corrected chi connectivity index (χ1v) is 11.0. The lowest BCUT2D eigenvalue weighted by Gasteiger charge is -2.31. The molecule has 1 N–H and O–H groups in total. The molecule has 0 radical (unpaired) electrons. The Bertz CT molecular complexity index is 1090. The quantitative estimate of drug-likeness (QED) is 0.663. The number of aryl methyl sites for hydroxylation is 2. The van der Waals surface area contributed by atoms with Crippen molar-refractivity contribution in [1.82, 2.24) is 19.9 Å². The molecule has 160 valence electrons. The van der Waals surface area contributed by atoms with Crippen LogP contribution in [0.15, 0.2) is 42.7 Å². The number of rotatable bonds is 5. The molecule has 1 aromatic carbocycles. The minimum Gasteiger partial charge on any atom is -0.378 e. The van der Waals surface area contributed by atoms with E-state index in [1.54, 1.807) is 12.1 Å². The van der Waals surface area contributed by atoms with Crippen LogP contribution in [-0.4, -0.2) is 46.7 Å². The average Bonchev–Trinajstić information content (AvgIpc) is 3.40. The summed E-state index contributed by atoms with van der Waals surface area (Å²) in [7, 11) is 0. The number of anilines is 1. The van der Waals surface area contributed by atoms with E-state index in [1.165, 1.54) is 6.20 Å². The fraction of sp³-hybridized carbons (Fsp3) is 0.348. The summed E-state index contributed by atoms with van der Waals surface area (Å²) in [6.45, 7) is 4.48. The van der Waals surface area contributed by atoms with E-state index in [2.05, 4.69) is 44.2 Å². The summed E-state index contributed by atoms with van der Waals surface area (Å²) in [4.78, 5) is 23.9. The Kier molecular flexibility index (Phi) is 5.61. The number of carbonyl (C=O) groups is 1. The Morgan fingerprint density at radius 3 is 2.84 bits per heavy atom. The highest BCUT2D eigenvalue weighted by atomic mass is 35.5. The van der Waals surface area contributed by atoms with Gasteiger partial charge in [-0.3, -0.25) is 9.78 Å². The van der Waals surface area contributed by atoms with Crippen LogP contribution in [0.4, 0.5) is 5.69 Å². The molecule has 5 rings (SSSR count). The number of hydrogen-bond acceptors (Lipinski definition) is 5. The van der Waals surface area contributed by atoms with E-state index in [9.17, 15) is 4.79 Å². The van der Waals surface area contributed by atoms with Crippen molar-refractivity contribution in [2.45, 2.75) is 25.9 Å². The van der Waals surface area contributed by atoms with Crippen LogP contribution in [0, 0.1) is 0 Å². The van der Waals surface area contributed by atoms with Gasteiger partial charge >= 0.3 is 0 Å². The van der Waals surface area contributed by atoms with Crippen LogP contribution < -0.4 is 10.2 Å². The van der Waals surface area contributed by atoms with Crippen molar-refractivity contribution in [3.63, 3.8) is 0 Å². The van der Waals surface area contributed by atoms with Crippen LogP contribution in [0.1, 0.15) is 28.3 Å². The number of nitrogens with one attached hydrogen (secondary N) is 1. The summed E-state index contributed by atoms with van der Waals surface area (Å²) in [6.07, 6.45) is 5.86. The van der Waals surface area contributed by atoms with E-state index in [4.69, 9.17) is 21.3 Å². The lowest BCUT2D eigenvalue weighted by Crippen LogP contribution is -2.37. The Morgan fingerprint density at radius 1 is 1.16 bits per heavy atom. The van der Waals surface area contributed by atoms with Crippen LogP contribution in [0.5, 0.6) is 0 Å². The molecule has 1 fully saturated rings. The van der Waals surface area contributed by atoms with Gasteiger partial charge < -0.3 is 19.5 Å². The molecule has 0 bridgehead atoms. The molecule has 0 spiro atoms. The summed E-state index contributed by atoms with van der Waals surface area (Å²) in [5.41, 5.74) is 4.50. The maximum atomic E-state index is 12.6. The zero-order valence-electron chi connectivity index (χ0n) is 17.2. The molecule has 2 aromatic heterocycles. The first-order chi connectivity index (χ1) is 15.2. The number of aromatic nitrogens is 3. The molecule has 0 saturated carbocycles. The number of hydrogen-bond donors (Lipinski definition) is 1. The van der Waals surface area contributed by atoms with E-state index < -0.39 is 0 Å². The van der Waals surface area contributed by atoms with Crippen molar-refractivity contribution >= 4 is 23.2 Å². The molecule has 7 nitrogen and oxygen atoms in total. The van der Waals surface area contributed by atoms with Gasteiger partial charge in [0.15, 0.2) is 0 Å². The Labute approximate surface area is 186 Å². The standard InChI is InChI=1S/C23H24ClN5O2/c24-18-5-6-25-19(13-18)23(30)26-14-17-12-16(20-15-29-7-1-2-22(29)27-20)3-4-21(17)28-8-10-31-11-9-28/h3-6,12-13,15H,1-2,7-11,14H2,(H,26,30). The minimum atomic E-state index is -0.248. The number of nitrogens with zero attached hydrogens (tertiary/aromatic N) is 4. The molecule has 2 aliphatic heterocycles. The molecule has 0 unspecified atom stereocenters. The first-order valence-electron chi connectivity index (χ1n) is 10.6. The van der Waals surface area contributed by atoms with Gasteiger partial charge in [-0.1, -0.05) is 17.7 Å². The van der Waals surface area contributed by atoms with Gasteiger partial charge in [0.05, 0.1) is 18.9 Å². The van der Waals surface area contributed by atoms with Gasteiger partial charge in [0.2, 0.25) is 0 Å². The van der Waals surface area contributed by atoms with Gasteiger partial charge in [-0.05, 0) is 36.2 Å². The minimum absolute atomic E-state index is 0.248. The highest BCUT2D eigenvalue weighted by Gasteiger charge is 2.19. The number of fused-ring (bicyclic) bond motifs is 1. The topological polar surface area (TPSA) is 72.3 Å². The third-order valence-electron chi connectivity index (χ3n) is 5.78. The van der Waals surface area contributed by atoms with E-state index in [-0.39, 0.29) is 5.91 Å². The highest BCUT2D eigenvalue weighted by Crippen LogP contribution is 2.29. The zero-order valence-corrected chi connectivity index (χ0v) is 17.9. The molecule has 0 aliphatic carbocycles. The van der Waals surface area contributed by atoms with Crippen molar-refractivity contribution in [2.24, 2.45) is 0 Å². The molecular formula is C23H24ClN5O2. The summed E-state index contributed by atoms with van der Waals surface area (Å²) < 4.78 is 7.74. The molecule has 0 atom stereocenters. The normalized spacial score (nSPS) is 15.7. The lowest BCUT2D eigenvalue weighted by atomic mass is 10.0. The van der Waals surface area contributed by atoms with Crippen LogP contribution in [0.25, 0.3) is 11.3 Å². The number of carbonyl (C=O) groups excluding carboxylic acids is 1. The van der Waals surface area contributed by atoms with Gasteiger partial charge in [0.1, 0.15) is 11.5 Å². The average molecular weight is 438 g/mol. The Morgan fingerprint density at radius 2 is 2.03 bits per heavy atom. The van der Waals surface area contributed by atoms with Crippen LogP contribution in [0.2, 0.25) is 5.02 Å². The lowest BCUT2D eigenvalue weighted by molar-refractivity contribution is 0.0945. The van der Waals surface area contributed by atoms with Gasteiger partial charge in [-0.15, -0.1) is 0 Å². The third kappa shape index (κ3) is 4.29. The molecule has 4 heterocycles. The maximum Gasteiger partial charge on any atom is 0.270 e. The third-order valence-corrected chi connectivity index (χ3v) is 6.01. The SMILES string of the molecule is O=C(NCc1cc(-c2cn3c(n2)CCC3)ccc1N1CCOCC1)c1cc(Cl)ccn1. The second kappa shape index (κ2) is 8.69. The van der Waals surface area contributed by atoms with Gasteiger partial charge in [-0.2, -0.15) is 0 Å². The van der Waals surface area contributed by atoms with Gasteiger partial charge in [-0.25, -0.2) is 4.98 Å². The summed E-state index contributed by atoms with van der Waals surface area (Å²) in [6, 6.07) is 9.61. The van der Waals surface area contributed by atoms with Crippen molar-refractivity contribution in [1.29, 1.82) is 0 Å². The fourth-order valence-corrected chi connectivity index (χ4v) is 4.35. The van der Waals surface area contributed by atoms with Crippen molar-refractivity contribution in [2.75, 3.05) is 31.2 Å². The van der Waals surface area contributed by atoms with Crippen LogP contribution >= 0.6 is 11.6 Å². The van der Waals surface area contributed by atoms with Crippen LogP contribution in [0.3, 0.4) is 0 Å². The van der Waals surface area contributed by atoms with Crippen molar-refractivity contribution in [3.8, 4) is 11.3 Å². The van der Waals surface area contributed by atoms with Crippen molar-refractivity contribution in [3.05, 3.63) is 64.8 Å². The molecule has 1 saturated heterocycles. The zero-order chi connectivity index (χ0) is 21.2. The monoisotopic (exact) mass is 437 g/mol. The molecule has 2 aliphatic rings. The summed E-state index contributed by atoms with van der Waals surface area (Å²) >= 11 is 6.01. The Balaban J connectivity index is 1.42. The highest BCUT2D eigenvalue weighted by molar-refractivity contribution is 6.30. The second-order valence-corrected chi connectivity index (χ2v) is 8.26.